The summed E-state index contributed by atoms with van der Waals surface area (Å²) in [5.41, 5.74) is 6.40. The Morgan fingerprint density at radius 2 is 2.00 bits per heavy atom. The first-order valence-electron chi connectivity index (χ1n) is 7.72. The van der Waals surface area contributed by atoms with Crippen LogP contribution in [0, 0.1) is 5.82 Å². The molecule has 1 unspecified atom stereocenters. The van der Waals surface area contributed by atoms with Crippen molar-refractivity contribution in [1.29, 1.82) is 0 Å². The van der Waals surface area contributed by atoms with Gasteiger partial charge in [0.2, 0.25) is 5.91 Å². The van der Waals surface area contributed by atoms with E-state index in [4.69, 9.17) is 17.3 Å². The number of benzene rings is 1. The molecule has 1 amide bonds. The van der Waals surface area contributed by atoms with Crippen molar-refractivity contribution in [2.75, 3.05) is 26.2 Å². The monoisotopic (exact) mass is 363 g/mol. The molecule has 0 radical (unpaired) electrons. The average molecular weight is 364 g/mol. The second-order valence-electron chi connectivity index (χ2n) is 5.70. The number of carbonyl (C=O) groups is 1. The van der Waals surface area contributed by atoms with Crippen molar-refractivity contribution in [3.05, 3.63) is 34.6 Å². The summed E-state index contributed by atoms with van der Waals surface area (Å²) in [4.78, 5) is 16.1. The molecule has 1 heterocycles. The predicted molar refractivity (Wildman–Crippen MR) is 93.4 cm³/mol. The van der Waals surface area contributed by atoms with E-state index in [0.29, 0.717) is 49.7 Å². The number of nitrogens with zero attached hydrogens (tertiary/aromatic N) is 2. The molecule has 0 spiro atoms. The van der Waals surface area contributed by atoms with Gasteiger partial charge in [-0.1, -0.05) is 31.0 Å². The quantitative estimate of drug-likeness (QED) is 0.874. The molecule has 2 N–H and O–H groups in total. The molecular formula is C16H24Cl2FN3O. The van der Waals surface area contributed by atoms with E-state index < -0.39 is 6.04 Å². The Bertz CT molecular complexity index is 502. The first-order chi connectivity index (χ1) is 10.5. The van der Waals surface area contributed by atoms with Crippen molar-refractivity contribution >= 4 is 29.9 Å². The van der Waals surface area contributed by atoms with Gasteiger partial charge in [0.05, 0.1) is 6.04 Å². The number of halogens is 3. The highest BCUT2D eigenvalue weighted by atomic mass is 35.5. The number of nitrogens with two attached hydrogens (primary N) is 1. The van der Waals surface area contributed by atoms with Crippen LogP contribution in [0.3, 0.4) is 0 Å². The third-order valence-electron chi connectivity index (χ3n) is 4.04. The molecule has 1 fully saturated rings. The molecule has 1 aliphatic heterocycles. The van der Waals surface area contributed by atoms with Crippen molar-refractivity contribution in [3.8, 4) is 0 Å². The Morgan fingerprint density at radius 1 is 1.35 bits per heavy atom. The molecule has 4 nitrogen and oxygen atoms in total. The van der Waals surface area contributed by atoms with E-state index >= 15 is 0 Å². The molecule has 2 rings (SSSR count). The maximum absolute atomic E-state index is 13.8. The topological polar surface area (TPSA) is 49.6 Å². The lowest BCUT2D eigenvalue weighted by atomic mass is 10.1. The van der Waals surface area contributed by atoms with Gasteiger partial charge >= 0.3 is 0 Å². The van der Waals surface area contributed by atoms with E-state index in [0.717, 1.165) is 6.42 Å². The molecule has 130 valence electrons. The Balaban J connectivity index is 0.00000264. The second-order valence-corrected chi connectivity index (χ2v) is 6.10. The zero-order valence-electron chi connectivity index (χ0n) is 13.3. The van der Waals surface area contributed by atoms with Gasteiger partial charge in [0.25, 0.3) is 0 Å². The average Bonchev–Trinajstić information content (AvgIpc) is 2.51. The summed E-state index contributed by atoms with van der Waals surface area (Å²) in [5.74, 6) is -0.263. The van der Waals surface area contributed by atoms with Crippen LogP contribution in [0.1, 0.15) is 25.3 Å². The molecule has 1 aliphatic rings. The summed E-state index contributed by atoms with van der Waals surface area (Å²) in [6, 6.07) is 4.32. The normalized spacial score (nSPS) is 16.8. The largest absolute Gasteiger partial charge is 0.339 e. The molecule has 0 aliphatic carbocycles. The van der Waals surface area contributed by atoms with Crippen LogP contribution in [0.25, 0.3) is 0 Å². The van der Waals surface area contributed by atoms with E-state index in [2.05, 4.69) is 4.90 Å². The van der Waals surface area contributed by atoms with Gasteiger partial charge < -0.3 is 10.6 Å². The summed E-state index contributed by atoms with van der Waals surface area (Å²) in [6.45, 7) is 5.15. The first-order valence-corrected chi connectivity index (χ1v) is 8.10. The van der Waals surface area contributed by atoms with Crippen molar-refractivity contribution in [1.82, 2.24) is 9.80 Å². The summed E-state index contributed by atoms with van der Waals surface area (Å²) >= 11 is 6.06. The van der Waals surface area contributed by atoms with Crippen LogP contribution < -0.4 is 5.73 Å². The van der Waals surface area contributed by atoms with Gasteiger partial charge in [-0.25, -0.2) is 4.39 Å². The van der Waals surface area contributed by atoms with Crippen molar-refractivity contribution in [2.45, 2.75) is 32.4 Å². The van der Waals surface area contributed by atoms with E-state index in [1.54, 1.807) is 17.0 Å². The van der Waals surface area contributed by atoms with E-state index in [-0.39, 0.29) is 24.1 Å². The summed E-state index contributed by atoms with van der Waals surface area (Å²) in [6.07, 6.45) is 1.61. The lowest BCUT2D eigenvalue weighted by Crippen LogP contribution is -2.52. The van der Waals surface area contributed by atoms with Crippen LogP contribution in [0.4, 0.5) is 4.39 Å². The molecule has 7 heteroatoms. The number of hydrogen-bond donors (Lipinski definition) is 1. The lowest BCUT2D eigenvalue weighted by Gasteiger charge is -2.36. The number of carbonyl (C=O) groups excluding carboxylic acids is 1. The molecule has 0 saturated carbocycles. The molecule has 1 saturated heterocycles. The first kappa shape index (κ1) is 20.2. The molecule has 23 heavy (non-hydrogen) atoms. The van der Waals surface area contributed by atoms with Gasteiger partial charge in [-0.15, -0.1) is 12.4 Å². The lowest BCUT2D eigenvalue weighted by molar-refractivity contribution is -0.134. The minimum Gasteiger partial charge on any atom is -0.339 e. The zero-order valence-corrected chi connectivity index (χ0v) is 14.9. The van der Waals surface area contributed by atoms with Gasteiger partial charge in [0.1, 0.15) is 5.82 Å². The third-order valence-corrected chi connectivity index (χ3v) is 4.40. The Morgan fingerprint density at radius 3 is 2.57 bits per heavy atom. The molecular weight excluding hydrogens is 340 g/mol. The Hall–Kier alpha value is -0.880. The van der Waals surface area contributed by atoms with Crippen LogP contribution in [0.5, 0.6) is 0 Å². The van der Waals surface area contributed by atoms with Gasteiger partial charge in [-0.2, -0.15) is 0 Å². The van der Waals surface area contributed by atoms with E-state index in [1.807, 2.05) is 6.92 Å². The zero-order chi connectivity index (χ0) is 16.1. The maximum Gasteiger partial charge on any atom is 0.239 e. The molecule has 1 aromatic rings. The number of rotatable bonds is 5. The van der Waals surface area contributed by atoms with Gasteiger partial charge in [-0.05, 0) is 18.6 Å². The Kier molecular flexibility index (Phi) is 8.26. The van der Waals surface area contributed by atoms with Crippen molar-refractivity contribution in [3.63, 3.8) is 0 Å². The van der Waals surface area contributed by atoms with Gasteiger partial charge in [0, 0.05) is 43.3 Å². The van der Waals surface area contributed by atoms with Crippen LogP contribution in [0.2, 0.25) is 5.02 Å². The number of amides is 1. The smallest absolute Gasteiger partial charge is 0.239 e. The predicted octanol–water partition coefficient (Wildman–Crippen LogP) is 2.67. The van der Waals surface area contributed by atoms with E-state index in [9.17, 15) is 9.18 Å². The van der Waals surface area contributed by atoms with Crippen LogP contribution >= 0.6 is 24.0 Å². The standard InChI is InChI=1S/C16H23ClFN3O.ClH/c1-2-4-15(19)16(22)21-9-7-20(8-10-21)11-12-13(17)5-3-6-14(12)18;/h3,5-6,15H,2,4,7-11,19H2,1H3;1H. The Labute approximate surface area is 148 Å². The fraction of sp³-hybridized carbons (Fsp3) is 0.562. The fourth-order valence-electron chi connectivity index (χ4n) is 2.70. The minimum atomic E-state index is -0.405. The second kappa shape index (κ2) is 9.42. The van der Waals surface area contributed by atoms with Crippen LogP contribution in [-0.4, -0.2) is 47.9 Å². The molecule has 0 aromatic heterocycles. The van der Waals surface area contributed by atoms with Crippen molar-refractivity contribution < 1.29 is 9.18 Å². The summed E-state index contributed by atoms with van der Waals surface area (Å²) < 4.78 is 13.8. The number of piperazine rings is 1. The highest BCUT2D eigenvalue weighted by Crippen LogP contribution is 2.21. The minimum absolute atomic E-state index is 0. The molecule has 1 atom stereocenters. The van der Waals surface area contributed by atoms with Gasteiger partial charge in [-0.3, -0.25) is 9.69 Å². The van der Waals surface area contributed by atoms with E-state index in [1.165, 1.54) is 6.07 Å². The SMILES string of the molecule is CCCC(N)C(=O)N1CCN(Cc2c(F)cccc2Cl)CC1.Cl. The third kappa shape index (κ3) is 5.31. The van der Waals surface area contributed by atoms with Crippen molar-refractivity contribution in [2.24, 2.45) is 5.73 Å². The molecule has 1 aromatic carbocycles. The maximum atomic E-state index is 13.8. The van der Waals surface area contributed by atoms with Gasteiger partial charge in [0.15, 0.2) is 0 Å². The summed E-state index contributed by atoms with van der Waals surface area (Å²) in [5, 5.41) is 0.448. The van der Waals surface area contributed by atoms with Crippen LogP contribution in [-0.2, 0) is 11.3 Å². The fourth-order valence-corrected chi connectivity index (χ4v) is 2.93. The molecule has 0 bridgehead atoms. The number of hydrogen-bond acceptors (Lipinski definition) is 3. The summed E-state index contributed by atoms with van der Waals surface area (Å²) in [7, 11) is 0. The van der Waals surface area contributed by atoms with Crippen LogP contribution in [0.15, 0.2) is 18.2 Å². The highest BCUT2D eigenvalue weighted by molar-refractivity contribution is 6.31. The highest BCUT2D eigenvalue weighted by Gasteiger charge is 2.25.